The number of hydrogen-bond acceptors (Lipinski definition) is 2. The summed E-state index contributed by atoms with van der Waals surface area (Å²) in [7, 11) is 0. The fraction of sp³-hybridized carbons (Fsp3) is 0.316. The first-order valence-electron chi connectivity index (χ1n) is 7.78. The van der Waals surface area contributed by atoms with Gasteiger partial charge >= 0.3 is 6.03 Å². The Bertz CT molecular complexity index is 676. The Hall–Kier alpha value is -2.49. The van der Waals surface area contributed by atoms with E-state index in [1.165, 1.54) is 11.1 Å². The molecule has 23 heavy (non-hydrogen) atoms. The van der Waals surface area contributed by atoms with Crippen LogP contribution in [0.5, 0.6) is 5.75 Å². The summed E-state index contributed by atoms with van der Waals surface area (Å²) in [5.74, 6) is 0.824. The smallest absolute Gasteiger partial charge is 0.319 e. The van der Waals surface area contributed by atoms with Crippen LogP contribution in [-0.4, -0.2) is 19.2 Å². The van der Waals surface area contributed by atoms with Gasteiger partial charge in [-0.15, -0.1) is 0 Å². The molecule has 0 aromatic heterocycles. The first-order valence-corrected chi connectivity index (χ1v) is 7.78. The Morgan fingerprint density at radius 3 is 2.30 bits per heavy atom. The number of anilines is 1. The van der Waals surface area contributed by atoms with Gasteiger partial charge in [-0.3, -0.25) is 0 Å². The molecule has 0 saturated carbocycles. The summed E-state index contributed by atoms with van der Waals surface area (Å²) in [5, 5.41) is 5.69. The second-order valence-electron chi connectivity index (χ2n) is 5.74. The maximum Gasteiger partial charge on any atom is 0.319 e. The lowest BCUT2D eigenvalue weighted by Gasteiger charge is -2.13. The predicted octanol–water partition coefficient (Wildman–Crippen LogP) is 4.12. The van der Waals surface area contributed by atoms with Crippen LogP contribution >= 0.6 is 0 Å². The van der Waals surface area contributed by atoms with E-state index in [0.29, 0.717) is 13.2 Å². The van der Waals surface area contributed by atoms with Crippen LogP contribution in [0.25, 0.3) is 0 Å². The second-order valence-corrected chi connectivity index (χ2v) is 5.74. The molecule has 2 aromatic rings. The first kappa shape index (κ1) is 16.9. The molecule has 0 fully saturated rings. The van der Waals surface area contributed by atoms with E-state index < -0.39 is 0 Å². The molecule has 0 aliphatic carbocycles. The van der Waals surface area contributed by atoms with Crippen molar-refractivity contribution in [2.24, 2.45) is 0 Å². The standard InChI is InChI=1S/C19H24N2O2/c1-13-8-9-17(12-16(13)4)23-11-10-20-19(22)21-18-14(2)6-5-7-15(18)3/h5-9,12H,10-11H2,1-4H3,(H2,20,21,22). The number of urea groups is 1. The number of ether oxygens (including phenoxy) is 1. The van der Waals surface area contributed by atoms with Gasteiger partial charge in [0.1, 0.15) is 12.4 Å². The molecule has 0 atom stereocenters. The van der Waals surface area contributed by atoms with Crippen LogP contribution in [0.1, 0.15) is 22.3 Å². The Kier molecular flexibility index (Phi) is 5.63. The fourth-order valence-corrected chi connectivity index (χ4v) is 2.31. The zero-order valence-corrected chi connectivity index (χ0v) is 14.2. The summed E-state index contributed by atoms with van der Waals surface area (Å²) in [6.07, 6.45) is 0. The molecule has 0 aliphatic heterocycles. The van der Waals surface area contributed by atoms with Gasteiger partial charge in [0.15, 0.2) is 0 Å². The lowest BCUT2D eigenvalue weighted by molar-refractivity contribution is 0.247. The molecule has 2 rings (SSSR count). The van der Waals surface area contributed by atoms with Crippen LogP contribution in [0.4, 0.5) is 10.5 Å². The summed E-state index contributed by atoms with van der Waals surface area (Å²) in [6, 6.07) is 11.7. The maximum atomic E-state index is 11.9. The average Bonchev–Trinajstić information content (AvgIpc) is 2.51. The second kappa shape index (κ2) is 7.68. The van der Waals surface area contributed by atoms with E-state index in [4.69, 9.17) is 4.74 Å². The number of hydrogen-bond donors (Lipinski definition) is 2. The van der Waals surface area contributed by atoms with Gasteiger partial charge in [0, 0.05) is 5.69 Å². The Morgan fingerprint density at radius 1 is 0.957 bits per heavy atom. The highest BCUT2D eigenvalue weighted by molar-refractivity contribution is 5.90. The summed E-state index contributed by atoms with van der Waals surface area (Å²) in [4.78, 5) is 11.9. The molecule has 0 heterocycles. The van der Waals surface area contributed by atoms with Crippen LogP contribution in [0.3, 0.4) is 0 Å². The molecule has 0 saturated heterocycles. The van der Waals surface area contributed by atoms with E-state index in [9.17, 15) is 4.79 Å². The van der Waals surface area contributed by atoms with Crippen molar-refractivity contribution in [3.63, 3.8) is 0 Å². The predicted molar refractivity (Wildman–Crippen MR) is 94.3 cm³/mol. The van der Waals surface area contributed by atoms with E-state index in [1.807, 2.05) is 50.2 Å². The van der Waals surface area contributed by atoms with Gasteiger partial charge in [0.25, 0.3) is 0 Å². The van der Waals surface area contributed by atoms with E-state index in [2.05, 4.69) is 24.5 Å². The highest BCUT2D eigenvalue weighted by Gasteiger charge is 2.06. The Labute approximate surface area is 137 Å². The summed E-state index contributed by atoms with van der Waals surface area (Å²) >= 11 is 0. The van der Waals surface area contributed by atoms with Crippen molar-refractivity contribution < 1.29 is 9.53 Å². The van der Waals surface area contributed by atoms with E-state index >= 15 is 0 Å². The van der Waals surface area contributed by atoms with Crippen molar-refractivity contribution >= 4 is 11.7 Å². The van der Waals surface area contributed by atoms with Gasteiger partial charge in [-0.05, 0) is 62.1 Å². The van der Waals surface area contributed by atoms with Gasteiger partial charge in [-0.2, -0.15) is 0 Å². The zero-order chi connectivity index (χ0) is 16.8. The minimum absolute atomic E-state index is 0.217. The molecule has 4 nitrogen and oxygen atoms in total. The molecule has 0 spiro atoms. The fourth-order valence-electron chi connectivity index (χ4n) is 2.31. The largest absolute Gasteiger partial charge is 0.492 e. The lowest BCUT2D eigenvalue weighted by atomic mass is 10.1. The van der Waals surface area contributed by atoms with Crippen LogP contribution in [0.15, 0.2) is 36.4 Å². The van der Waals surface area contributed by atoms with Crippen molar-refractivity contribution in [2.45, 2.75) is 27.7 Å². The monoisotopic (exact) mass is 312 g/mol. The summed E-state index contributed by atoms with van der Waals surface area (Å²) in [6.45, 7) is 8.96. The van der Waals surface area contributed by atoms with Crippen LogP contribution in [-0.2, 0) is 0 Å². The Morgan fingerprint density at radius 2 is 1.65 bits per heavy atom. The van der Waals surface area contributed by atoms with Crippen molar-refractivity contribution in [2.75, 3.05) is 18.5 Å². The normalized spacial score (nSPS) is 10.3. The van der Waals surface area contributed by atoms with Gasteiger partial charge in [-0.1, -0.05) is 24.3 Å². The third kappa shape index (κ3) is 4.74. The van der Waals surface area contributed by atoms with Gasteiger partial charge in [0.2, 0.25) is 0 Å². The Balaban J connectivity index is 1.78. The molecule has 0 aliphatic rings. The number of benzene rings is 2. The van der Waals surface area contributed by atoms with E-state index in [1.54, 1.807) is 0 Å². The average molecular weight is 312 g/mol. The zero-order valence-electron chi connectivity index (χ0n) is 14.2. The third-order valence-electron chi connectivity index (χ3n) is 3.85. The molecule has 2 N–H and O–H groups in total. The number of aryl methyl sites for hydroxylation is 4. The maximum absolute atomic E-state index is 11.9. The minimum Gasteiger partial charge on any atom is -0.492 e. The van der Waals surface area contributed by atoms with Gasteiger partial charge < -0.3 is 15.4 Å². The van der Waals surface area contributed by atoms with Gasteiger partial charge in [-0.25, -0.2) is 4.79 Å². The van der Waals surface area contributed by atoms with E-state index in [0.717, 1.165) is 22.6 Å². The number of nitrogens with one attached hydrogen (secondary N) is 2. The molecule has 4 heteroatoms. The SMILES string of the molecule is Cc1ccc(OCCNC(=O)Nc2c(C)cccc2C)cc1C. The van der Waals surface area contributed by atoms with E-state index in [-0.39, 0.29) is 6.03 Å². The van der Waals surface area contributed by atoms with Gasteiger partial charge in [0.05, 0.1) is 6.54 Å². The summed E-state index contributed by atoms with van der Waals surface area (Å²) in [5.41, 5.74) is 5.39. The summed E-state index contributed by atoms with van der Waals surface area (Å²) < 4.78 is 5.65. The van der Waals surface area contributed by atoms with Crippen LogP contribution in [0, 0.1) is 27.7 Å². The molecule has 0 radical (unpaired) electrons. The molecule has 122 valence electrons. The number of rotatable bonds is 5. The van der Waals surface area contributed by atoms with Crippen LogP contribution in [0.2, 0.25) is 0 Å². The number of para-hydroxylation sites is 1. The third-order valence-corrected chi connectivity index (χ3v) is 3.85. The topological polar surface area (TPSA) is 50.4 Å². The van der Waals surface area contributed by atoms with Crippen molar-refractivity contribution in [3.8, 4) is 5.75 Å². The molecule has 2 aromatic carbocycles. The minimum atomic E-state index is -0.217. The molecular formula is C19H24N2O2. The molecule has 0 unspecified atom stereocenters. The highest BCUT2D eigenvalue weighted by Crippen LogP contribution is 2.19. The lowest BCUT2D eigenvalue weighted by Crippen LogP contribution is -2.32. The number of carbonyl (C=O) groups excluding carboxylic acids is 1. The van der Waals surface area contributed by atoms with Crippen molar-refractivity contribution in [1.82, 2.24) is 5.32 Å². The van der Waals surface area contributed by atoms with Crippen LogP contribution < -0.4 is 15.4 Å². The first-order chi connectivity index (χ1) is 11.0. The number of carbonyl (C=O) groups is 1. The van der Waals surface area contributed by atoms with Crippen molar-refractivity contribution in [1.29, 1.82) is 0 Å². The highest BCUT2D eigenvalue weighted by atomic mass is 16.5. The molecule has 2 amide bonds. The molecular weight excluding hydrogens is 288 g/mol. The quantitative estimate of drug-likeness (QED) is 0.816. The van der Waals surface area contributed by atoms with Crippen molar-refractivity contribution in [3.05, 3.63) is 58.7 Å². The number of amides is 2. The molecule has 0 bridgehead atoms.